The first kappa shape index (κ1) is 13.5. The molecule has 90 valence electrons. The van der Waals surface area contributed by atoms with E-state index in [-0.39, 0.29) is 5.97 Å². The molecule has 0 unspecified atom stereocenters. The smallest absolute Gasteiger partial charge is 0.337 e. The van der Waals surface area contributed by atoms with Gasteiger partial charge in [-0.1, -0.05) is 31.6 Å². The average Bonchev–Trinajstić information content (AvgIpc) is 2.26. The van der Waals surface area contributed by atoms with Gasteiger partial charge in [0.15, 0.2) is 0 Å². The van der Waals surface area contributed by atoms with Crippen LogP contribution in [-0.2, 0) is 4.74 Å². The van der Waals surface area contributed by atoms with Gasteiger partial charge in [0, 0.05) is 5.56 Å². The third-order valence-corrected chi connectivity index (χ3v) is 3.11. The third kappa shape index (κ3) is 4.08. The second-order valence-electron chi connectivity index (χ2n) is 5.02. The predicted octanol–water partition coefficient (Wildman–Crippen LogP) is 3.01. The first-order chi connectivity index (χ1) is 7.83. The molecule has 0 saturated carbocycles. The molecule has 1 aromatic rings. The number of esters is 1. The van der Waals surface area contributed by atoms with E-state index in [1.165, 1.54) is 7.11 Å². The minimum Gasteiger partial charge on any atom is -0.465 e. The lowest BCUT2D eigenvalue weighted by Gasteiger charge is -2.05. The summed E-state index contributed by atoms with van der Waals surface area (Å²) in [6.45, 7) is 8.58. The van der Waals surface area contributed by atoms with Crippen molar-refractivity contribution in [1.29, 1.82) is 0 Å². The summed E-state index contributed by atoms with van der Waals surface area (Å²) in [6.07, 6.45) is 0. The number of aryl methyl sites for hydroxylation is 1. The van der Waals surface area contributed by atoms with E-state index >= 15 is 0 Å². The van der Waals surface area contributed by atoms with Gasteiger partial charge in [0.25, 0.3) is 0 Å². The lowest BCUT2D eigenvalue weighted by molar-refractivity contribution is 0.0600. The molecule has 0 atom stereocenters. The molecule has 3 heteroatoms. The number of methoxy groups -OCH3 is 1. The molecule has 2 nitrogen and oxygen atoms in total. The number of carbonyl (C=O) groups is 1. The second-order valence-corrected chi connectivity index (χ2v) is 9.77. The van der Waals surface area contributed by atoms with Gasteiger partial charge in [0.1, 0.15) is 8.07 Å². The number of hydrogen-bond acceptors (Lipinski definition) is 2. The highest BCUT2D eigenvalue weighted by Gasteiger charge is 2.09. The van der Waals surface area contributed by atoms with Crippen molar-refractivity contribution < 1.29 is 9.53 Å². The summed E-state index contributed by atoms with van der Waals surface area (Å²) < 4.78 is 4.70. The molecule has 1 rings (SSSR count). The summed E-state index contributed by atoms with van der Waals surface area (Å²) in [7, 11) is -0.00857. The molecule has 0 heterocycles. The number of benzene rings is 1. The molecule has 0 bridgehead atoms. The Hall–Kier alpha value is -1.53. The highest BCUT2D eigenvalue weighted by Crippen LogP contribution is 2.11. The molecule has 0 N–H and O–H groups in total. The molecule has 0 aliphatic carbocycles. The van der Waals surface area contributed by atoms with Crippen LogP contribution in [-0.4, -0.2) is 21.2 Å². The number of ether oxygens (including phenoxy) is 1. The van der Waals surface area contributed by atoms with Gasteiger partial charge in [-0.3, -0.25) is 0 Å². The van der Waals surface area contributed by atoms with E-state index < -0.39 is 8.07 Å². The SMILES string of the molecule is COC(=O)c1ccc(C)c(C#C[Si](C)(C)C)c1. The van der Waals surface area contributed by atoms with Gasteiger partial charge in [-0.2, -0.15) is 0 Å². The van der Waals surface area contributed by atoms with Crippen molar-refractivity contribution in [3.63, 3.8) is 0 Å². The normalized spacial score (nSPS) is 10.4. The van der Waals surface area contributed by atoms with Gasteiger partial charge in [-0.25, -0.2) is 4.79 Å². The monoisotopic (exact) mass is 246 g/mol. The summed E-state index contributed by atoms with van der Waals surface area (Å²) in [5.74, 6) is 2.86. The maximum Gasteiger partial charge on any atom is 0.337 e. The molecule has 0 aliphatic rings. The van der Waals surface area contributed by atoms with Crippen molar-refractivity contribution in [2.75, 3.05) is 7.11 Å². The van der Waals surface area contributed by atoms with E-state index in [1.807, 2.05) is 13.0 Å². The molecule has 0 radical (unpaired) electrons. The number of carbonyl (C=O) groups excluding carboxylic acids is 1. The first-order valence-corrected chi connectivity index (χ1v) is 9.05. The molecule has 0 saturated heterocycles. The molecule has 17 heavy (non-hydrogen) atoms. The summed E-state index contributed by atoms with van der Waals surface area (Å²) in [5, 5.41) is 0. The number of hydrogen-bond donors (Lipinski definition) is 0. The summed E-state index contributed by atoms with van der Waals surface area (Å²) in [4.78, 5) is 11.4. The van der Waals surface area contributed by atoms with E-state index in [0.29, 0.717) is 5.56 Å². The van der Waals surface area contributed by atoms with Crippen LogP contribution >= 0.6 is 0 Å². The maximum absolute atomic E-state index is 11.4. The fraction of sp³-hybridized carbons (Fsp3) is 0.357. The standard InChI is InChI=1S/C14H18O2Si/c1-11-6-7-13(14(15)16-2)10-12(11)8-9-17(3,4)5/h6-7,10H,1-5H3. The van der Waals surface area contributed by atoms with Gasteiger partial charge in [0.2, 0.25) is 0 Å². The van der Waals surface area contributed by atoms with Gasteiger partial charge in [-0.15, -0.1) is 5.54 Å². The van der Waals surface area contributed by atoms with Gasteiger partial charge < -0.3 is 4.74 Å². The quantitative estimate of drug-likeness (QED) is 0.432. The maximum atomic E-state index is 11.4. The van der Waals surface area contributed by atoms with E-state index in [2.05, 4.69) is 31.1 Å². The van der Waals surface area contributed by atoms with Crippen molar-refractivity contribution in [3.05, 3.63) is 34.9 Å². The second kappa shape index (κ2) is 5.20. The lowest BCUT2D eigenvalue weighted by Crippen LogP contribution is -2.16. The summed E-state index contributed by atoms with van der Waals surface area (Å²) in [5.41, 5.74) is 5.85. The topological polar surface area (TPSA) is 26.3 Å². The van der Waals surface area contributed by atoms with Crippen molar-refractivity contribution >= 4 is 14.0 Å². The number of rotatable bonds is 1. The molecular formula is C14H18O2Si. The van der Waals surface area contributed by atoms with Crippen LogP contribution in [0.3, 0.4) is 0 Å². The van der Waals surface area contributed by atoms with E-state index in [1.54, 1.807) is 12.1 Å². The van der Waals surface area contributed by atoms with Gasteiger partial charge >= 0.3 is 5.97 Å². The zero-order chi connectivity index (χ0) is 13.1. The highest BCUT2D eigenvalue weighted by atomic mass is 28.3. The van der Waals surface area contributed by atoms with Crippen LogP contribution in [0.4, 0.5) is 0 Å². The Morgan fingerprint density at radius 2 is 1.94 bits per heavy atom. The zero-order valence-corrected chi connectivity index (χ0v) is 12.0. The summed E-state index contributed by atoms with van der Waals surface area (Å²) >= 11 is 0. The lowest BCUT2D eigenvalue weighted by atomic mass is 10.1. The Bertz CT molecular complexity index is 487. The van der Waals surface area contributed by atoms with Crippen LogP contribution in [0.25, 0.3) is 0 Å². The van der Waals surface area contributed by atoms with Crippen molar-refractivity contribution in [2.45, 2.75) is 26.6 Å². The van der Waals surface area contributed by atoms with Crippen LogP contribution in [0.15, 0.2) is 18.2 Å². The molecular weight excluding hydrogens is 228 g/mol. The minimum atomic E-state index is -1.39. The predicted molar refractivity (Wildman–Crippen MR) is 72.7 cm³/mol. The van der Waals surface area contributed by atoms with Crippen LogP contribution in [0.1, 0.15) is 21.5 Å². The van der Waals surface area contributed by atoms with Crippen molar-refractivity contribution in [3.8, 4) is 11.5 Å². The van der Waals surface area contributed by atoms with E-state index in [0.717, 1.165) is 11.1 Å². The molecule has 0 aromatic heterocycles. The summed E-state index contributed by atoms with van der Waals surface area (Å²) in [6, 6.07) is 5.47. The Labute approximate surface area is 104 Å². The molecule has 0 aliphatic heterocycles. The minimum absolute atomic E-state index is 0.318. The van der Waals surface area contributed by atoms with E-state index in [9.17, 15) is 4.79 Å². The molecule has 1 aromatic carbocycles. The first-order valence-electron chi connectivity index (χ1n) is 5.55. The van der Waals surface area contributed by atoms with Gasteiger partial charge in [-0.05, 0) is 24.6 Å². The van der Waals surface area contributed by atoms with Crippen LogP contribution in [0.2, 0.25) is 19.6 Å². The zero-order valence-electron chi connectivity index (χ0n) is 11.0. The van der Waals surface area contributed by atoms with Crippen LogP contribution in [0.5, 0.6) is 0 Å². The van der Waals surface area contributed by atoms with Crippen LogP contribution in [0, 0.1) is 18.4 Å². The Balaban J connectivity index is 3.14. The van der Waals surface area contributed by atoms with Crippen molar-refractivity contribution in [2.24, 2.45) is 0 Å². The largest absolute Gasteiger partial charge is 0.465 e. The Morgan fingerprint density at radius 1 is 1.29 bits per heavy atom. The Morgan fingerprint density at radius 3 is 2.47 bits per heavy atom. The average molecular weight is 246 g/mol. The Kier molecular flexibility index (Phi) is 4.14. The molecule has 0 fully saturated rings. The van der Waals surface area contributed by atoms with Gasteiger partial charge in [0.05, 0.1) is 12.7 Å². The van der Waals surface area contributed by atoms with E-state index in [4.69, 9.17) is 4.74 Å². The third-order valence-electron chi connectivity index (χ3n) is 2.23. The van der Waals surface area contributed by atoms with Crippen molar-refractivity contribution in [1.82, 2.24) is 0 Å². The molecule has 0 spiro atoms. The molecule has 0 amide bonds. The van der Waals surface area contributed by atoms with Crippen LogP contribution < -0.4 is 0 Å². The fourth-order valence-electron chi connectivity index (χ4n) is 1.26. The highest BCUT2D eigenvalue weighted by molar-refractivity contribution is 6.83. The fourth-order valence-corrected chi connectivity index (χ4v) is 1.77.